The Labute approximate surface area is 132 Å². The minimum Gasteiger partial charge on any atom is -0.471 e. The minimum absolute atomic E-state index is 0.476. The molecule has 0 spiro atoms. The Hall–Kier alpha value is -1.90. The Morgan fingerprint density at radius 3 is 2.38 bits per heavy atom. The third-order valence-electron chi connectivity index (χ3n) is 3.68. The lowest BCUT2D eigenvalue weighted by atomic mass is 10.1. The molecule has 1 aliphatic rings. The van der Waals surface area contributed by atoms with Crippen molar-refractivity contribution in [2.24, 2.45) is 0 Å². The summed E-state index contributed by atoms with van der Waals surface area (Å²) in [6.07, 6.45) is 0. The van der Waals surface area contributed by atoms with Gasteiger partial charge in [0, 0.05) is 5.69 Å². The molecule has 104 valence electrons. The van der Waals surface area contributed by atoms with Gasteiger partial charge in [0.05, 0.1) is 15.7 Å². The van der Waals surface area contributed by atoms with E-state index in [-0.39, 0.29) is 0 Å². The SMILES string of the molecule is Clc1ccc(N2COc3cc4ccccc4cc32)cc1Cl. The van der Waals surface area contributed by atoms with Crippen molar-refractivity contribution in [3.63, 3.8) is 0 Å². The van der Waals surface area contributed by atoms with Crippen LogP contribution in [0.3, 0.4) is 0 Å². The van der Waals surface area contributed by atoms with E-state index >= 15 is 0 Å². The van der Waals surface area contributed by atoms with Crippen LogP contribution in [0.1, 0.15) is 0 Å². The first-order valence-electron chi connectivity index (χ1n) is 6.60. The van der Waals surface area contributed by atoms with Crippen LogP contribution in [0, 0.1) is 0 Å². The Morgan fingerprint density at radius 2 is 1.62 bits per heavy atom. The standard InChI is InChI=1S/C17H11Cl2NO/c18-14-6-5-13(9-15(14)19)20-10-21-17-8-12-4-2-1-3-11(12)7-16(17)20/h1-9H,10H2. The molecule has 0 unspecified atom stereocenters. The second kappa shape index (κ2) is 4.83. The summed E-state index contributed by atoms with van der Waals surface area (Å²) in [6, 6.07) is 18.1. The minimum atomic E-state index is 0.476. The monoisotopic (exact) mass is 315 g/mol. The number of rotatable bonds is 1. The molecule has 4 rings (SSSR count). The number of ether oxygens (including phenoxy) is 1. The molecule has 2 nitrogen and oxygen atoms in total. The van der Waals surface area contributed by atoms with Gasteiger partial charge >= 0.3 is 0 Å². The van der Waals surface area contributed by atoms with Crippen molar-refractivity contribution in [2.45, 2.75) is 0 Å². The molecule has 0 aliphatic carbocycles. The van der Waals surface area contributed by atoms with E-state index in [1.54, 1.807) is 6.07 Å². The number of benzene rings is 3. The van der Waals surface area contributed by atoms with E-state index in [0.29, 0.717) is 16.8 Å². The van der Waals surface area contributed by atoms with Crippen molar-refractivity contribution >= 4 is 45.3 Å². The Balaban J connectivity index is 1.85. The molecule has 4 heteroatoms. The van der Waals surface area contributed by atoms with Gasteiger partial charge in [-0.15, -0.1) is 0 Å². The van der Waals surface area contributed by atoms with Crippen molar-refractivity contribution in [1.82, 2.24) is 0 Å². The van der Waals surface area contributed by atoms with E-state index in [1.165, 1.54) is 10.8 Å². The number of halogens is 2. The van der Waals surface area contributed by atoms with Gasteiger partial charge in [0.2, 0.25) is 0 Å². The predicted molar refractivity (Wildman–Crippen MR) is 88.0 cm³/mol. The molecular formula is C17H11Cl2NO. The van der Waals surface area contributed by atoms with Crippen molar-refractivity contribution in [2.75, 3.05) is 11.6 Å². The fourth-order valence-corrected chi connectivity index (χ4v) is 2.90. The molecule has 0 N–H and O–H groups in total. The zero-order valence-corrected chi connectivity index (χ0v) is 12.5. The lowest BCUT2D eigenvalue weighted by Gasteiger charge is -2.17. The van der Waals surface area contributed by atoms with Crippen molar-refractivity contribution < 1.29 is 4.74 Å². The summed E-state index contributed by atoms with van der Waals surface area (Å²) in [5.41, 5.74) is 2.02. The summed E-state index contributed by atoms with van der Waals surface area (Å²) < 4.78 is 5.79. The van der Waals surface area contributed by atoms with E-state index in [0.717, 1.165) is 17.1 Å². The number of hydrogen-bond acceptors (Lipinski definition) is 2. The molecule has 1 aliphatic heterocycles. The highest BCUT2D eigenvalue weighted by molar-refractivity contribution is 6.42. The van der Waals surface area contributed by atoms with Crippen molar-refractivity contribution in [1.29, 1.82) is 0 Å². The van der Waals surface area contributed by atoms with Crippen LogP contribution in [0.25, 0.3) is 10.8 Å². The zero-order chi connectivity index (χ0) is 14.4. The first-order chi connectivity index (χ1) is 10.2. The number of nitrogens with zero attached hydrogens (tertiary/aromatic N) is 1. The molecule has 0 atom stereocenters. The van der Waals surface area contributed by atoms with Crippen LogP contribution in [-0.4, -0.2) is 6.73 Å². The first-order valence-corrected chi connectivity index (χ1v) is 7.36. The number of anilines is 2. The lowest BCUT2D eigenvalue weighted by molar-refractivity contribution is 0.358. The second-order valence-electron chi connectivity index (χ2n) is 4.97. The van der Waals surface area contributed by atoms with Crippen LogP contribution < -0.4 is 9.64 Å². The van der Waals surface area contributed by atoms with Gasteiger partial charge in [-0.05, 0) is 41.1 Å². The van der Waals surface area contributed by atoms with E-state index in [4.69, 9.17) is 27.9 Å². The molecule has 0 saturated carbocycles. The van der Waals surface area contributed by atoms with Gasteiger partial charge in [-0.3, -0.25) is 0 Å². The molecule has 0 aromatic heterocycles. The van der Waals surface area contributed by atoms with Gasteiger partial charge in [0.25, 0.3) is 0 Å². The average molecular weight is 316 g/mol. The van der Waals surface area contributed by atoms with Crippen molar-refractivity contribution in [3.05, 3.63) is 64.6 Å². The van der Waals surface area contributed by atoms with Gasteiger partial charge < -0.3 is 9.64 Å². The largest absolute Gasteiger partial charge is 0.471 e. The second-order valence-corrected chi connectivity index (χ2v) is 5.78. The normalized spacial score (nSPS) is 13.3. The molecule has 0 radical (unpaired) electrons. The quantitative estimate of drug-likeness (QED) is 0.576. The van der Waals surface area contributed by atoms with E-state index in [9.17, 15) is 0 Å². The molecule has 3 aromatic carbocycles. The van der Waals surface area contributed by atoms with Gasteiger partial charge in [0.1, 0.15) is 5.75 Å². The highest BCUT2D eigenvalue weighted by Gasteiger charge is 2.23. The van der Waals surface area contributed by atoms with E-state index < -0.39 is 0 Å². The number of fused-ring (bicyclic) bond motifs is 2. The maximum Gasteiger partial charge on any atom is 0.165 e. The molecule has 3 aromatic rings. The fourth-order valence-electron chi connectivity index (χ4n) is 2.60. The summed E-state index contributed by atoms with van der Waals surface area (Å²) in [5.74, 6) is 0.889. The molecule has 0 fully saturated rings. The van der Waals surface area contributed by atoms with Crippen LogP contribution in [0.4, 0.5) is 11.4 Å². The number of hydrogen-bond donors (Lipinski definition) is 0. The zero-order valence-electron chi connectivity index (χ0n) is 11.0. The third kappa shape index (κ3) is 2.11. The van der Waals surface area contributed by atoms with Crippen LogP contribution in [0.15, 0.2) is 54.6 Å². The summed E-state index contributed by atoms with van der Waals surface area (Å²) in [4.78, 5) is 2.09. The van der Waals surface area contributed by atoms with Gasteiger partial charge in [-0.25, -0.2) is 0 Å². The molecule has 21 heavy (non-hydrogen) atoms. The van der Waals surface area contributed by atoms with Gasteiger partial charge in [0.15, 0.2) is 6.73 Å². The highest BCUT2D eigenvalue weighted by Crippen LogP contribution is 2.42. The van der Waals surface area contributed by atoms with Crippen LogP contribution in [-0.2, 0) is 0 Å². The molecule has 0 bridgehead atoms. The summed E-state index contributed by atoms with van der Waals surface area (Å²) in [7, 11) is 0. The Morgan fingerprint density at radius 1 is 0.857 bits per heavy atom. The van der Waals surface area contributed by atoms with Gasteiger partial charge in [-0.2, -0.15) is 0 Å². The van der Waals surface area contributed by atoms with Gasteiger partial charge in [-0.1, -0.05) is 47.5 Å². The average Bonchev–Trinajstić information content (AvgIpc) is 2.90. The third-order valence-corrected chi connectivity index (χ3v) is 4.42. The molecule has 1 heterocycles. The highest BCUT2D eigenvalue weighted by atomic mass is 35.5. The fraction of sp³-hybridized carbons (Fsp3) is 0.0588. The lowest BCUT2D eigenvalue weighted by Crippen LogP contribution is -2.15. The Bertz CT molecular complexity index is 847. The summed E-state index contributed by atoms with van der Waals surface area (Å²) >= 11 is 12.1. The summed E-state index contributed by atoms with van der Waals surface area (Å²) in [5, 5.41) is 3.46. The summed E-state index contributed by atoms with van der Waals surface area (Å²) in [6.45, 7) is 0.476. The maximum atomic E-state index is 6.11. The maximum absolute atomic E-state index is 6.11. The van der Waals surface area contributed by atoms with Crippen LogP contribution in [0.5, 0.6) is 5.75 Å². The molecule has 0 amide bonds. The Kier molecular flexibility index (Phi) is 2.95. The smallest absolute Gasteiger partial charge is 0.165 e. The topological polar surface area (TPSA) is 12.5 Å². The van der Waals surface area contributed by atoms with E-state index in [1.807, 2.05) is 24.3 Å². The van der Waals surface area contributed by atoms with E-state index in [2.05, 4.69) is 29.2 Å². The first kappa shape index (κ1) is 12.8. The van der Waals surface area contributed by atoms with Crippen LogP contribution in [0.2, 0.25) is 10.0 Å². The molecular weight excluding hydrogens is 305 g/mol. The predicted octanol–water partition coefficient (Wildman–Crippen LogP) is 5.63. The van der Waals surface area contributed by atoms with Crippen molar-refractivity contribution in [3.8, 4) is 5.75 Å². The molecule has 0 saturated heterocycles. The van der Waals surface area contributed by atoms with Crippen LogP contribution >= 0.6 is 23.2 Å².